The molecule has 6 nitrogen and oxygen atoms in total. The van der Waals surface area contributed by atoms with E-state index < -0.39 is 0 Å². The number of carbonyl (C=O) groups excluding carboxylic acids is 1. The number of ether oxygens (including phenoxy) is 1. The van der Waals surface area contributed by atoms with Gasteiger partial charge in [-0.3, -0.25) is 4.79 Å². The van der Waals surface area contributed by atoms with E-state index in [2.05, 4.69) is 15.3 Å². The molecular weight excluding hydrogens is 396 g/mol. The van der Waals surface area contributed by atoms with Crippen LogP contribution in [0.1, 0.15) is 22.1 Å². The van der Waals surface area contributed by atoms with Crippen molar-refractivity contribution >= 4 is 34.4 Å². The van der Waals surface area contributed by atoms with Crippen molar-refractivity contribution in [1.82, 2.24) is 19.9 Å². The largest absolute Gasteiger partial charge is 0.487 e. The number of nitrogens with one attached hydrogen (secondary N) is 1. The number of benzene rings is 2. The molecule has 30 heavy (non-hydrogen) atoms. The number of carbonyl (C=O) groups is 1. The molecule has 0 atom stereocenters. The van der Waals surface area contributed by atoms with Crippen LogP contribution in [0, 0.1) is 6.92 Å². The molecule has 4 rings (SSSR count). The maximum atomic E-state index is 12.3. The highest BCUT2D eigenvalue weighted by atomic mass is 32.1. The minimum atomic E-state index is -0.188. The van der Waals surface area contributed by atoms with Gasteiger partial charge in [0, 0.05) is 24.1 Å². The first-order chi connectivity index (χ1) is 14.6. The zero-order valence-electron chi connectivity index (χ0n) is 16.8. The lowest BCUT2D eigenvalue weighted by Crippen LogP contribution is -2.22. The molecule has 0 aliphatic heterocycles. The smallest absolute Gasteiger partial charge is 0.244 e. The van der Waals surface area contributed by atoms with E-state index in [-0.39, 0.29) is 5.91 Å². The SMILES string of the molecule is Cc1nc(COc2ccccc2/C=C/C(=O)NCc2nc3ccccc3n2C)cs1. The average molecular weight is 419 g/mol. The molecule has 0 aliphatic rings. The number of para-hydroxylation sites is 3. The fraction of sp³-hybridized carbons (Fsp3) is 0.174. The third kappa shape index (κ3) is 4.58. The molecule has 0 radical (unpaired) electrons. The number of hydrogen-bond acceptors (Lipinski definition) is 5. The van der Waals surface area contributed by atoms with Gasteiger partial charge in [-0.1, -0.05) is 30.3 Å². The second-order valence-electron chi connectivity index (χ2n) is 6.81. The Morgan fingerprint density at radius 1 is 1.17 bits per heavy atom. The Labute approximate surface area is 178 Å². The number of imidazole rings is 1. The van der Waals surface area contributed by atoms with Crippen molar-refractivity contribution in [2.45, 2.75) is 20.1 Å². The predicted molar refractivity (Wildman–Crippen MR) is 119 cm³/mol. The molecule has 2 heterocycles. The molecule has 0 saturated heterocycles. The Morgan fingerprint density at radius 3 is 2.77 bits per heavy atom. The van der Waals surface area contributed by atoms with Crippen LogP contribution in [-0.2, 0) is 25.0 Å². The van der Waals surface area contributed by atoms with Gasteiger partial charge in [-0.2, -0.15) is 0 Å². The van der Waals surface area contributed by atoms with Crippen molar-refractivity contribution in [2.24, 2.45) is 7.05 Å². The zero-order valence-corrected chi connectivity index (χ0v) is 17.6. The van der Waals surface area contributed by atoms with Crippen molar-refractivity contribution < 1.29 is 9.53 Å². The van der Waals surface area contributed by atoms with Gasteiger partial charge in [-0.15, -0.1) is 11.3 Å². The Kier molecular flexibility index (Phi) is 5.90. The molecular formula is C23H22N4O2S. The first kappa shape index (κ1) is 19.8. The lowest BCUT2D eigenvalue weighted by atomic mass is 10.2. The second-order valence-corrected chi connectivity index (χ2v) is 7.87. The van der Waals surface area contributed by atoms with Crippen LogP contribution in [0.15, 0.2) is 60.0 Å². The summed E-state index contributed by atoms with van der Waals surface area (Å²) in [6.07, 6.45) is 3.27. The first-order valence-electron chi connectivity index (χ1n) is 9.59. The van der Waals surface area contributed by atoms with Crippen LogP contribution in [0.4, 0.5) is 0 Å². The lowest BCUT2D eigenvalue weighted by Gasteiger charge is -2.08. The topological polar surface area (TPSA) is 69.0 Å². The average Bonchev–Trinajstić information content (AvgIpc) is 3.32. The summed E-state index contributed by atoms with van der Waals surface area (Å²) in [6.45, 7) is 2.72. The number of aryl methyl sites for hydroxylation is 2. The van der Waals surface area contributed by atoms with Crippen LogP contribution >= 0.6 is 11.3 Å². The van der Waals surface area contributed by atoms with Gasteiger partial charge in [-0.25, -0.2) is 9.97 Å². The molecule has 0 aliphatic carbocycles. The van der Waals surface area contributed by atoms with E-state index in [1.54, 1.807) is 17.4 Å². The van der Waals surface area contributed by atoms with Crippen LogP contribution in [0.3, 0.4) is 0 Å². The normalized spacial score (nSPS) is 11.3. The summed E-state index contributed by atoms with van der Waals surface area (Å²) < 4.78 is 7.88. The van der Waals surface area contributed by atoms with Crippen molar-refractivity contribution in [3.63, 3.8) is 0 Å². The van der Waals surface area contributed by atoms with Crippen molar-refractivity contribution in [3.8, 4) is 5.75 Å². The van der Waals surface area contributed by atoms with Crippen molar-refractivity contribution in [3.05, 3.63) is 82.1 Å². The summed E-state index contributed by atoms with van der Waals surface area (Å²) in [5, 5.41) is 5.89. The minimum Gasteiger partial charge on any atom is -0.487 e. The number of amides is 1. The summed E-state index contributed by atoms with van der Waals surface area (Å²) in [5.74, 6) is 1.33. The quantitative estimate of drug-likeness (QED) is 0.456. The maximum Gasteiger partial charge on any atom is 0.244 e. The lowest BCUT2D eigenvalue weighted by molar-refractivity contribution is -0.116. The molecule has 0 unspecified atom stereocenters. The number of nitrogens with zero attached hydrogens (tertiary/aromatic N) is 3. The fourth-order valence-corrected chi connectivity index (χ4v) is 3.72. The molecule has 2 aromatic carbocycles. The highest BCUT2D eigenvalue weighted by Gasteiger charge is 2.08. The van der Waals surface area contributed by atoms with Crippen molar-refractivity contribution in [1.29, 1.82) is 0 Å². The molecule has 0 spiro atoms. The monoisotopic (exact) mass is 418 g/mol. The zero-order chi connectivity index (χ0) is 20.9. The highest BCUT2D eigenvalue weighted by Crippen LogP contribution is 2.21. The third-order valence-corrected chi connectivity index (χ3v) is 5.50. The van der Waals surface area contributed by atoms with Gasteiger partial charge >= 0.3 is 0 Å². The molecule has 0 fully saturated rings. The van der Waals surface area contributed by atoms with Crippen molar-refractivity contribution in [2.75, 3.05) is 0 Å². The molecule has 2 aromatic heterocycles. The van der Waals surface area contributed by atoms with Crippen LogP contribution < -0.4 is 10.1 Å². The third-order valence-electron chi connectivity index (χ3n) is 4.68. The van der Waals surface area contributed by atoms with Gasteiger partial charge in [0.25, 0.3) is 0 Å². The van der Waals surface area contributed by atoms with E-state index in [0.29, 0.717) is 18.9 Å². The van der Waals surface area contributed by atoms with E-state index in [1.807, 2.05) is 72.4 Å². The van der Waals surface area contributed by atoms with Crippen LogP contribution in [-0.4, -0.2) is 20.4 Å². The second kappa shape index (κ2) is 8.92. The highest BCUT2D eigenvalue weighted by molar-refractivity contribution is 7.09. The van der Waals surface area contributed by atoms with Gasteiger partial charge in [0.2, 0.25) is 5.91 Å². The Hall–Kier alpha value is -3.45. The number of aromatic nitrogens is 3. The fourth-order valence-electron chi connectivity index (χ4n) is 3.12. The summed E-state index contributed by atoms with van der Waals surface area (Å²) in [4.78, 5) is 21.3. The van der Waals surface area contributed by atoms with Gasteiger partial charge in [0.1, 0.15) is 18.2 Å². The van der Waals surface area contributed by atoms with Crippen LogP contribution in [0.2, 0.25) is 0 Å². The molecule has 0 bridgehead atoms. The van der Waals surface area contributed by atoms with E-state index in [1.165, 1.54) is 6.08 Å². The van der Waals surface area contributed by atoms with Gasteiger partial charge in [0.05, 0.1) is 28.3 Å². The number of rotatable bonds is 7. The Bertz CT molecular complexity index is 1210. The molecule has 0 saturated carbocycles. The number of thiazole rings is 1. The predicted octanol–water partition coefficient (Wildman–Crippen LogP) is 4.25. The van der Waals surface area contributed by atoms with Gasteiger partial charge in [0.15, 0.2) is 0 Å². The molecule has 1 N–H and O–H groups in total. The van der Waals surface area contributed by atoms with Gasteiger partial charge < -0.3 is 14.6 Å². The van der Waals surface area contributed by atoms with E-state index in [9.17, 15) is 4.79 Å². The Balaban J connectivity index is 1.38. The Morgan fingerprint density at radius 2 is 1.97 bits per heavy atom. The summed E-state index contributed by atoms with van der Waals surface area (Å²) >= 11 is 1.60. The first-order valence-corrected chi connectivity index (χ1v) is 10.5. The standard InChI is InChI=1S/C23H22N4O2S/c1-16-25-18(15-30-16)14-29-21-10-6-3-7-17(21)11-12-23(28)24-13-22-26-19-8-4-5-9-20(19)27(22)2/h3-12,15H,13-14H2,1-2H3,(H,24,28)/b12-11+. The van der Waals surface area contributed by atoms with Crippen LogP contribution in [0.5, 0.6) is 5.75 Å². The number of fused-ring (bicyclic) bond motifs is 1. The summed E-state index contributed by atoms with van der Waals surface area (Å²) in [7, 11) is 1.95. The van der Waals surface area contributed by atoms with E-state index in [4.69, 9.17) is 4.74 Å². The van der Waals surface area contributed by atoms with E-state index in [0.717, 1.165) is 33.1 Å². The number of hydrogen-bond donors (Lipinski definition) is 1. The minimum absolute atomic E-state index is 0.188. The molecule has 7 heteroatoms. The molecule has 152 valence electrons. The van der Waals surface area contributed by atoms with E-state index >= 15 is 0 Å². The molecule has 1 amide bonds. The molecule has 4 aromatic rings. The van der Waals surface area contributed by atoms with Crippen LogP contribution in [0.25, 0.3) is 17.1 Å². The summed E-state index contributed by atoms with van der Waals surface area (Å²) in [5.41, 5.74) is 3.69. The summed E-state index contributed by atoms with van der Waals surface area (Å²) in [6, 6.07) is 15.5. The maximum absolute atomic E-state index is 12.3. The van der Waals surface area contributed by atoms with Gasteiger partial charge in [-0.05, 0) is 31.2 Å².